The number of carbonyl (C=O) groups is 3. The minimum absolute atomic E-state index is 0.136. The van der Waals surface area contributed by atoms with Crippen molar-refractivity contribution in [3.05, 3.63) is 59.6 Å². The van der Waals surface area contributed by atoms with Gasteiger partial charge in [-0.05, 0) is 37.1 Å². The number of ether oxygens (including phenoxy) is 1. The first kappa shape index (κ1) is 24.2. The Morgan fingerprint density at radius 1 is 1.11 bits per heavy atom. The van der Waals surface area contributed by atoms with E-state index in [9.17, 15) is 19.5 Å². The smallest absolute Gasteiger partial charge is 0.250 e. The molecule has 3 N–H and O–H groups in total. The summed E-state index contributed by atoms with van der Waals surface area (Å²) in [6.45, 7) is 0.0327. The highest BCUT2D eigenvalue weighted by molar-refractivity contribution is 9.09. The van der Waals surface area contributed by atoms with Gasteiger partial charge in [0.25, 0.3) is 0 Å². The zero-order chi connectivity index (χ0) is 24.7. The molecule has 3 amide bonds. The van der Waals surface area contributed by atoms with E-state index in [1.165, 1.54) is 4.90 Å². The average molecular weight is 563 g/mol. The van der Waals surface area contributed by atoms with Gasteiger partial charge in [-0.25, -0.2) is 0 Å². The molecule has 5 rings (SSSR count). The van der Waals surface area contributed by atoms with Crippen molar-refractivity contribution in [1.82, 2.24) is 4.90 Å². The zero-order valence-corrected chi connectivity index (χ0v) is 21.0. The lowest BCUT2D eigenvalue weighted by Gasteiger charge is -2.34. The lowest BCUT2D eigenvalue weighted by atomic mass is 9.70. The van der Waals surface area contributed by atoms with Gasteiger partial charge in [0.1, 0.15) is 11.6 Å². The van der Waals surface area contributed by atoms with Crippen LogP contribution in [0.1, 0.15) is 12.8 Å². The van der Waals surface area contributed by atoms with Crippen molar-refractivity contribution in [3.63, 3.8) is 0 Å². The Bertz CT molecular complexity index is 1150. The van der Waals surface area contributed by atoms with E-state index in [-0.39, 0.29) is 29.8 Å². The van der Waals surface area contributed by atoms with E-state index in [2.05, 4.69) is 26.6 Å². The number of rotatable bonds is 7. The number of halogens is 2. The van der Waals surface area contributed by atoms with Crippen molar-refractivity contribution in [2.45, 2.75) is 35.4 Å². The summed E-state index contributed by atoms with van der Waals surface area (Å²) in [5.41, 5.74) is -0.124. The van der Waals surface area contributed by atoms with Gasteiger partial charge in [-0.3, -0.25) is 14.4 Å². The largest absolute Gasteiger partial charge is 0.396 e. The number of anilines is 2. The lowest BCUT2D eigenvalue weighted by Crippen LogP contribution is -2.54. The molecule has 2 aromatic rings. The number of aliphatic hydroxyl groups excluding tert-OH is 1. The minimum atomic E-state index is -1.17. The quantitative estimate of drug-likeness (QED) is 0.450. The molecule has 3 aliphatic heterocycles. The van der Waals surface area contributed by atoms with Crippen LogP contribution in [0.25, 0.3) is 0 Å². The van der Waals surface area contributed by atoms with Crippen LogP contribution in [0.3, 0.4) is 0 Å². The summed E-state index contributed by atoms with van der Waals surface area (Å²) in [6.07, 6.45) is 0.148. The molecule has 0 aliphatic carbocycles. The first-order chi connectivity index (χ1) is 16.9. The molecule has 0 radical (unpaired) electrons. The van der Waals surface area contributed by atoms with E-state index in [0.717, 1.165) is 0 Å². The van der Waals surface area contributed by atoms with Crippen molar-refractivity contribution in [3.8, 4) is 0 Å². The SMILES string of the molecule is O=C(Nc1ccccc1Cl)C1N(CCCO)C(=O)[C@@H]2[C@H](C(=O)Nc3ccccc3)[C@H]3OC12CC3Br. The molecule has 2 aromatic carbocycles. The van der Waals surface area contributed by atoms with Crippen molar-refractivity contribution < 1.29 is 24.2 Å². The number of amides is 3. The van der Waals surface area contributed by atoms with Gasteiger partial charge < -0.3 is 25.4 Å². The van der Waals surface area contributed by atoms with Crippen molar-refractivity contribution in [1.29, 1.82) is 0 Å². The number of alkyl halides is 1. The Balaban J connectivity index is 1.49. The predicted octanol–water partition coefficient (Wildman–Crippen LogP) is 3.05. The molecule has 3 aliphatic rings. The standard InChI is InChI=1S/C25H25BrClN3O5/c26-15-13-25-19(18(20(15)35-25)22(32)28-14-7-2-1-3-8-14)24(34)30(11-6-12-31)21(25)23(33)29-17-10-5-4-9-16(17)27/h1-5,7-10,15,18-21,31H,6,11-13H2,(H,28,32)(H,29,33)/t15?,18-,19-,20-,21?,25?/m0/s1. The average Bonchev–Trinajstić information content (AvgIpc) is 3.43. The topological polar surface area (TPSA) is 108 Å². The summed E-state index contributed by atoms with van der Waals surface area (Å²) in [7, 11) is 0. The van der Waals surface area contributed by atoms with E-state index < -0.39 is 35.5 Å². The number of nitrogens with zero attached hydrogens (tertiary/aromatic N) is 1. The normalized spacial score (nSPS) is 30.9. The van der Waals surface area contributed by atoms with Gasteiger partial charge in [0, 0.05) is 23.7 Å². The van der Waals surface area contributed by atoms with Crippen LogP contribution in [0, 0.1) is 11.8 Å². The van der Waals surface area contributed by atoms with Crippen LogP contribution in [-0.4, -0.2) is 63.5 Å². The molecule has 0 saturated carbocycles. The predicted molar refractivity (Wildman–Crippen MR) is 134 cm³/mol. The van der Waals surface area contributed by atoms with E-state index in [4.69, 9.17) is 16.3 Å². The number of hydrogen-bond acceptors (Lipinski definition) is 5. The van der Waals surface area contributed by atoms with E-state index >= 15 is 0 Å². The molecule has 10 heteroatoms. The zero-order valence-electron chi connectivity index (χ0n) is 18.7. The number of aliphatic hydroxyl groups is 1. The summed E-state index contributed by atoms with van der Waals surface area (Å²) in [6, 6.07) is 14.9. The first-order valence-corrected chi connectivity index (χ1v) is 12.8. The molecular weight excluding hydrogens is 538 g/mol. The van der Waals surface area contributed by atoms with Gasteiger partial charge in [0.15, 0.2) is 0 Å². The van der Waals surface area contributed by atoms with Crippen LogP contribution >= 0.6 is 27.5 Å². The summed E-state index contributed by atoms with van der Waals surface area (Å²) >= 11 is 9.90. The van der Waals surface area contributed by atoms with Crippen LogP contribution in [0.5, 0.6) is 0 Å². The number of para-hydroxylation sites is 2. The Morgan fingerprint density at radius 2 is 1.83 bits per heavy atom. The molecule has 2 bridgehead atoms. The Morgan fingerprint density at radius 3 is 2.54 bits per heavy atom. The summed E-state index contributed by atoms with van der Waals surface area (Å²) in [5.74, 6) is -2.65. The molecule has 35 heavy (non-hydrogen) atoms. The molecule has 184 valence electrons. The minimum Gasteiger partial charge on any atom is -0.396 e. The fourth-order valence-corrected chi connectivity index (χ4v) is 6.85. The Hall–Kier alpha value is -2.46. The molecule has 0 aromatic heterocycles. The van der Waals surface area contributed by atoms with Gasteiger partial charge in [-0.2, -0.15) is 0 Å². The highest BCUT2D eigenvalue weighted by Gasteiger charge is 2.76. The fraction of sp³-hybridized carbons (Fsp3) is 0.400. The number of fused-ring (bicyclic) bond motifs is 1. The lowest BCUT2D eigenvalue weighted by molar-refractivity contribution is -0.139. The highest BCUT2D eigenvalue weighted by atomic mass is 79.9. The molecule has 1 spiro atoms. The van der Waals surface area contributed by atoms with Crippen molar-refractivity contribution >= 4 is 56.6 Å². The van der Waals surface area contributed by atoms with Crippen LogP contribution in [0.2, 0.25) is 5.02 Å². The number of nitrogens with one attached hydrogen (secondary N) is 2. The van der Waals surface area contributed by atoms with Gasteiger partial charge >= 0.3 is 0 Å². The fourth-order valence-electron chi connectivity index (χ4n) is 5.72. The maximum atomic E-state index is 13.7. The van der Waals surface area contributed by atoms with Gasteiger partial charge in [0.05, 0.1) is 28.6 Å². The number of hydrogen-bond donors (Lipinski definition) is 3. The molecular formula is C25H25BrClN3O5. The van der Waals surface area contributed by atoms with E-state index in [1.807, 2.05) is 18.2 Å². The summed E-state index contributed by atoms with van der Waals surface area (Å²) < 4.78 is 6.42. The monoisotopic (exact) mass is 561 g/mol. The summed E-state index contributed by atoms with van der Waals surface area (Å²) in [5, 5.41) is 15.5. The second-order valence-electron chi connectivity index (χ2n) is 9.10. The molecule has 3 fully saturated rings. The van der Waals surface area contributed by atoms with Gasteiger partial charge in [0.2, 0.25) is 17.7 Å². The van der Waals surface area contributed by atoms with Gasteiger partial charge in [-0.1, -0.05) is 57.9 Å². The number of carbonyl (C=O) groups excluding carboxylic acids is 3. The third kappa shape index (κ3) is 4.04. The van der Waals surface area contributed by atoms with Crippen LogP contribution < -0.4 is 10.6 Å². The van der Waals surface area contributed by atoms with E-state index in [1.54, 1.807) is 36.4 Å². The van der Waals surface area contributed by atoms with Crippen LogP contribution in [-0.2, 0) is 19.1 Å². The van der Waals surface area contributed by atoms with Gasteiger partial charge in [-0.15, -0.1) is 0 Å². The first-order valence-electron chi connectivity index (χ1n) is 11.5. The van der Waals surface area contributed by atoms with E-state index in [0.29, 0.717) is 29.2 Å². The second-order valence-corrected chi connectivity index (χ2v) is 10.7. The maximum absolute atomic E-state index is 13.7. The van der Waals surface area contributed by atoms with Crippen LogP contribution in [0.15, 0.2) is 54.6 Å². The molecule has 8 nitrogen and oxygen atoms in total. The van der Waals surface area contributed by atoms with Crippen molar-refractivity contribution in [2.75, 3.05) is 23.8 Å². The number of likely N-dealkylation sites (tertiary alicyclic amines) is 1. The highest BCUT2D eigenvalue weighted by Crippen LogP contribution is 2.60. The van der Waals surface area contributed by atoms with Crippen molar-refractivity contribution in [2.24, 2.45) is 11.8 Å². The molecule has 6 atom stereocenters. The molecule has 3 unspecified atom stereocenters. The Labute approximate surface area is 216 Å². The summed E-state index contributed by atoms with van der Waals surface area (Å²) in [4.78, 5) is 42.1. The Kier molecular flexibility index (Phi) is 6.61. The number of benzene rings is 2. The van der Waals surface area contributed by atoms with Crippen LogP contribution in [0.4, 0.5) is 11.4 Å². The third-order valence-electron chi connectivity index (χ3n) is 7.07. The third-order valence-corrected chi connectivity index (χ3v) is 8.24. The maximum Gasteiger partial charge on any atom is 0.250 e. The molecule has 3 saturated heterocycles. The molecule has 3 heterocycles. The second kappa shape index (κ2) is 9.54.